The Balaban J connectivity index is 1.40. The van der Waals surface area contributed by atoms with Crippen LogP contribution >= 0.6 is 0 Å². The summed E-state index contributed by atoms with van der Waals surface area (Å²) in [6, 6.07) is 9.78. The van der Waals surface area contributed by atoms with Gasteiger partial charge in [-0.15, -0.1) is 0 Å². The number of nitrogens with zero attached hydrogens (tertiary/aromatic N) is 7. The van der Waals surface area contributed by atoms with Crippen molar-refractivity contribution in [3.63, 3.8) is 0 Å². The number of anilines is 2. The highest BCUT2D eigenvalue weighted by Gasteiger charge is 2.21. The van der Waals surface area contributed by atoms with Crippen LogP contribution in [0.1, 0.15) is 0 Å². The fraction of sp³-hybridized carbons (Fsp3) is 0.250. The van der Waals surface area contributed by atoms with E-state index < -0.39 is 0 Å². The van der Waals surface area contributed by atoms with Crippen molar-refractivity contribution >= 4 is 33.6 Å². The van der Waals surface area contributed by atoms with Crippen molar-refractivity contribution in [2.75, 3.05) is 36.0 Å². The minimum atomic E-state index is -0.0648. The van der Waals surface area contributed by atoms with Crippen molar-refractivity contribution in [2.45, 2.75) is 0 Å². The molecule has 0 unspecified atom stereocenters. The third kappa shape index (κ3) is 2.74. The Hall–Kier alpha value is -3.55. The number of hydrogen-bond acceptors (Lipinski definition) is 7. The van der Waals surface area contributed by atoms with Crippen LogP contribution in [-0.2, 0) is 7.05 Å². The first-order chi connectivity index (χ1) is 13.7. The number of rotatable bonds is 2. The van der Waals surface area contributed by atoms with Gasteiger partial charge >= 0.3 is 0 Å². The maximum Gasteiger partial charge on any atom is 0.264 e. The monoisotopic (exact) mass is 373 g/mol. The van der Waals surface area contributed by atoms with Gasteiger partial charge in [-0.25, -0.2) is 15.0 Å². The molecule has 5 rings (SSSR count). The molecule has 0 spiro atoms. The summed E-state index contributed by atoms with van der Waals surface area (Å²) in [5.74, 6) is 0.669. The van der Waals surface area contributed by atoms with E-state index in [-0.39, 0.29) is 5.56 Å². The number of aromatic nitrogens is 5. The maximum absolute atomic E-state index is 12.6. The van der Waals surface area contributed by atoms with Crippen molar-refractivity contribution < 1.29 is 0 Å². The zero-order valence-corrected chi connectivity index (χ0v) is 15.5. The largest absolute Gasteiger partial charge is 0.368 e. The Morgan fingerprint density at radius 3 is 2.68 bits per heavy atom. The first kappa shape index (κ1) is 16.6. The van der Waals surface area contributed by atoms with Crippen LogP contribution in [0, 0.1) is 0 Å². The molecule has 4 heterocycles. The predicted octanol–water partition coefficient (Wildman–Crippen LogP) is 1.60. The molecule has 1 saturated heterocycles. The number of pyridine rings is 1. The lowest BCUT2D eigenvalue weighted by molar-refractivity contribution is 0.623. The van der Waals surface area contributed by atoms with Gasteiger partial charge in [-0.05, 0) is 30.3 Å². The van der Waals surface area contributed by atoms with E-state index in [1.54, 1.807) is 36.3 Å². The van der Waals surface area contributed by atoms with Crippen molar-refractivity contribution in [1.82, 2.24) is 24.5 Å². The van der Waals surface area contributed by atoms with Gasteiger partial charge in [0.25, 0.3) is 5.56 Å². The molecule has 1 aliphatic rings. The molecule has 1 aliphatic heterocycles. The average molecular weight is 373 g/mol. The lowest BCUT2D eigenvalue weighted by Gasteiger charge is -2.37. The summed E-state index contributed by atoms with van der Waals surface area (Å²) < 4.78 is 1.62. The highest BCUT2D eigenvalue weighted by molar-refractivity contribution is 5.81. The zero-order valence-electron chi connectivity index (χ0n) is 15.5. The van der Waals surface area contributed by atoms with Crippen LogP contribution in [0.2, 0.25) is 0 Å². The Bertz CT molecular complexity index is 1230. The highest BCUT2D eigenvalue weighted by atomic mass is 16.1. The summed E-state index contributed by atoms with van der Waals surface area (Å²) in [7, 11) is 1.77. The fourth-order valence-electron chi connectivity index (χ4n) is 3.71. The normalized spacial score (nSPS) is 14.8. The van der Waals surface area contributed by atoms with Crippen molar-refractivity contribution in [3.8, 4) is 0 Å². The van der Waals surface area contributed by atoms with Crippen molar-refractivity contribution in [3.05, 3.63) is 59.4 Å². The molecule has 0 atom stereocenters. The number of piperazine rings is 1. The van der Waals surface area contributed by atoms with Crippen LogP contribution in [-0.4, -0.2) is 50.7 Å². The van der Waals surface area contributed by atoms with E-state index in [1.165, 1.54) is 0 Å². The molecule has 1 fully saturated rings. The summed E-state index contributed by atoms with van der Waals surface area (Å²) in [5, 5.41) is 1.58. The molecule has 0 saturated carbocycles. The highest BCUT2D eigenvalue weighted by Crippen LogP contribution is 2.23. The first-order valence-electron chi connectivity index (χ1n) is 9.22. The van der Waals surface area contributed by atoms with E-state index in [1.807, 2.05) is 12.3 Å². The molecule has 1 aromatic carbocycles. The zero-order chi connectivity index (χ0) is 19.1. The summed E-state index contributed by atoms with van der Waals surface area (Å²) in [6.07, 6.45) is 5.07. The Labute approximate surface area is 161 Å². The van der Waals surface area contributed by atoms with Gasteiger partial charge in [0.15, 0.2) is 5.65 Å². The summed E-state index contributed by atoms with van der Waals surface area (Å²) in [6.45, 7) is 3.24. The van der Waals surface area contributed by atoms with Crippen LogP contribution < -0.4 is 15.4 Å². The summed E-state index contributed by atoms with van der Waals surface area (Å²) in [4.78, 5) is 34.4. The van der Waals surface area contributed by atoms with Gasteiger partial charge in [0, 0.05) is 56.7 Å². The predicted molar refractivity (Wildman–Crippen MR) is 109 cm³/mol. The van der Waals surface area contributed by atoms with Crippen molar-refractivity contribution in [2.24, 2.45) is 7.05 Å². The van der Waals surface area contributed by atoms with Gasteiger partial charge in [-0.2, -0.15) is 4.98 Å². The smallest absolute Gasteiger partial charge is 0.264 e. The van der Waals surface area contributed by atoms with Gasteiger partial charge in [0.05, 0.1) is 10.9 Å². The van der Waals surface area contributed by atoms with Gasteiger partial charge in [-0.3, -0.25) is 9.36 Å². The fourth-order valence-corrected chi connectivity index (χ4v) is 3.71. The Morgan fingerprint density at radius 2 is 1.82 bits per heavy atom. The Kier molecular flexibility index (Phi) is 3.89. The standard InChI is InChI=1S/C20H19N7O/c1-25-19(28)16-3-2-6-22-18(16)24-20(25)27-9-7-26(8-10-27)15-4-5-17-14(11-15)12-21-13-23-17/h2-6,11-13H,7-10H2,1H3. The molecule has 0 N–H and O–H groups in total. The number of hydrogen-bond donors (Lipinski definition) is 0. The lowest BCUT2D eigenvalue weighted by Crippen LogP contribution is -2.48. The van der Waals surface area contributed by atoms with Crippen LogP contribution in [0.3, 0.4) is 0 Å². The van der Waals surface area contributed by atoms with Gasteiger partial charge in [0.1, 0.15) is 6.33 Å². The van der Waals surface area contributed by atoms with Gasteiger partial charge in [0.2, 0.25) is 5.95 Å². The van der Waals surface area contributed by atoms with Crippen LogP contribution in [0.25, 0.3) is 21.9 Å². The molecule has 8 nitrogen and oxygen atoms in total. The van der Waals surface area contributed by atoms with E-state index in [9.17, 15) is 4.79 Å². The third-order valence-corrected chi connectivity index (χ3v) is 5.24. The SMILES string of the molecule is Cn1c(N2CCN(c3ccc4ncncc4c3)CC2)nc2ncccc2c1=O. The molecule has 4 aromatic rings. The molecule has 28 heavy (non-hydrogen) atoms. The molecular formula is C20H19N7O. The third-order valence-electron chi connectivity index (χ3n) is 5.24. The average Bonchev–Trinajstić information content (AvgIpc) is 2.76. The molecule has 0 bridgehead atoms. The molecule has 0 amide bonds. The molecule has 0 radical (unpaired) electrons. The minimum Gasteiger partial charge on any atom is -0.368 e. The van der Waals surface area contributed by atoms with E-state index in [4.69, 9.17) is 0 Å². The summed E-state index contributed by atoms with van der Waals surface area (Å²) >= 11 is 0. The maximum atomic E-state index is 12.6. The summed E-state index contributed by atoms with van der Waals surface area (Å²) in [5.41, 5.74) is 2.53. The van der Waals surface area contributed by atoms with Crippen molar-refractivity contribution in [1.29, 1.82) is 0 Å². The number of benzene rings is 1. The molecular weight excluding hydrogens is 354 g/mol. The Morgan fingerprint density at radius 1 is 1.00 bits per heavy atom. The molecule has 8 heteroatoms. The van der Waals surface area contributed by atoms with Crippen LogP contribution in [0.5, 0.6) is 0 Å². The van der Waals surface area contributed by atoms with Gasteiger partial charge < -0.3 is 9.80 Å². The molecule has 140 valence electrons. The van der Waals surface area contributed by atoms with Crippen LogP contribution in [0.15, 0.2) is 53.8 Å². The van der Waals surface area contributed by atoms with Gasteiger partial charge in [-0.1, -0.05) is 0 Å². The first-order valence-corrected chi connectivity index (χ1v) is 9.22. The lowest BCUT2D eigenvalue weighted by atomic mass is 10.2. The van der Waals surface area contributed by atoms with E-state index in [0.29, 0.717) is 17.0 Å². The number of fused-ring (bicyclic) bond motifs is 2. The second-order valence-corrected chi connectivity index (χ2v) is 6.89. The topological polar surface area (TPSA) is 80.0 Å². The van der Waals surface area contributed by atoms with E-state index in [2.05, 4.69) is 41.9 Å². The second kappa shape index (κ2) is 6.56. The van der Waals surface area contributed by atoms with E-state index in [0.717, 1.165) is 42.8 Å². The molecule has 3 aromatic heterocycles. The van der Waals surface area contributed by atoms with Crippen LogP contribution in [0.4, 0.5) is 11.6 Å². The molecule has 0 aliphatic carbocycles. The van der Waals surface area contributed by atoms with E-state index >= 15 is 0 Å². The second-order valence-electron chi connectivity index (χ2n) is 6.89. The minimum absolute atomic E-state index is 0.0648. The quantitative estimate of drug-likeness (QED) is 0.528.